The first kappa shape index (κ1) is 47.6. The Bertz CT molecular complexity index is 431. The molecule has 0 N–H and O–H groups in total. The molecule has 0 aliphatic carbocycles. The van der Waals surface area contributed by atoms with Crippen LogP contribution in [0.2, 0.25) is 0 Å². The molecule has 2 nitrogen and oxygen atoms in total. The number of halogens is 2. The third kappa shape index (κ3) is 51.4. The zero-order valence-electron chi connectivity index (χ0n) is 29.4. The third-order valence-corrected chi connectivity index (χ3v) is 7.86. The molecule has 248 valence electrons. The van der Waals surface area contributed by atoms with Gasteiger partial charge >= 0.3 is 0 Å². The van der Waals surface area contributed by atoms with Gasteiger partial charge in [-0.25, -0.2) is 0 Å². The van der Waals surface area contributed by atoms with Gasteiger partial charge in [-0.15, -0.1) is 0 Å². The van der Waals surface area contributed by atoms with Crippen molar-refractivity contribution >= 4 is 0 Å². The molecule has 4 heteroatoms. The van der Waals surface area contributed by atoms with Gasteiger partial charge in [-0.3, -0.25) is 0 Å². The summed E-state index contributed by atoms with van der Waals surface area (Å²) in [7, 11) is 13.7. The molecule has 0 atom stereocenters. The molecule has 0 aromatic rings. The van der Waals surface area contributed by atoms with E-state index in [0.29, 0.717) is 0 Å². The molecule has 0 saturated carbocycles. The first-order chi connectivity index (χ1) is 18.1. The van der Waals surface area contributed by atoms with Gasteiger partial charge in [-0.2, -0.15) is 0 Å². The van der Waals surface area contributed by atoms with Crippen molar-refractivity contribution in [1.29, 1.82) is 0 Å². The molecular weight excluding hydrogens is 576 g/mol. The molecule has 0 aliphatic heterocycles. The van der Waals surface area contributed by atoms with Crippen molar-refractivity contribution < 1.29 is 38.4 Å². The Morgan fingerprint density at radius 3 is 0.575 bits per heavy atom. The molecule has 0 aromatic heterocycles. The Morgan fingerprint density at radius 2 is 0.425 bits per heavy atom. The maximum Gasteiger partial charge on any atom is 0.0780 e. The highest BCUT2D eigenvalue weighted by Gasteiger charge is 2.05. The lowest BCUT2D eigenvalue weighted by Crippen LogP contribution is -3.00. The summed E-state index contributed by atoms with van der Waals surface area (Å²) in [5.41, 5.74) is 0. The molecule has 0 saturated heterocycles. The highest BCUT2D eigenvalue weighted by Crippen LogP contribution is 2.14. The molecule has 0 unspecified atom stereocenters. The van der Waals surface area contributed by atoms with E-state index >= 15 is 0 Å². The molecule has 0 rings (SSSR count). The largest absolute Gasteiger partial charge is 1.00 e. The second-order valence-corrected chi connectivity index (χ2v) is 14.5. The first-order valence-electron chi connectivity index (χ1n) is 17.7. The molecule has 0 aromatic carbocycles. The van der Waals surface area contributed by atoms with Crippen molar-refractivity contribution in [3.05, 3.63) is 0 Å². The lowest BCUT2D eigenvalue weighted by molar-refractivity contribution is -0.870. The van der Waals surface area contributed by atoms with Gasteiger partial charge in [0, 0.05) is 0 Å². The number of hydrogen-bond acceptors (Lipinski definition) is 0. The van der Waals surface area contributed by atoms with Crippen LogP contribution in [0.1, 0.15) is 181 Å². The van der Waals surface area contributed by atoms with Crippen LogP contribution in [0.3, 0.4) is 0 Å². The summed E-state index contributed by atoms with van der Waals surface area (Å²) in [6, 6.07) is 0. The van der Waals surface area contributed by atoms with Crippen LogP contribution < -0.4 is 29.4 Å². The number of rotatable bonds is 28. The Labute approximate surface area is 273 Å². The molecular formula is C36H80BrClN2. The molecule has 0 aliphatic rings. The SMILES string of the molecule is CCCCCCCCCCCCCCCCCC[N+](C)(C)C.CCCCCCCCCCCC[N+](C)(C)C.[Br-].[Cl-]. The summed E-state index contributed by atoms with van der Waals surface area (Å²) in [4.78, 5) is 0. The standard InChI is InChI=1S/C21H46N.C15H34N.BrH.ClH/c1-5-6-7-8-9-10-11-12-13-14-15-16-17-18-19-20-21-22(2,3)4;1-5-6-7-8-9-10-11-12-13-14-15-16(2,3)4;;/h5-21H2,1-4H3;5-15H2,1-4H3;2*1H/q2*+1;;/p-2. The molecule has 0 amide bonds. The lowest BCUT2D eigenvalue weighted by Gasteiger charge is -2.23. The summed E-state index contributed by atoms with van der Waals surface area (Å²) in [6.07, 6.45) is 37.8. The van der Waals surface area contributed by atoms with Gasteiger partial charge in [0.2, 0.25) is 0 Å². The van der Waals surface area contributed by atoms with Crippen LogP contribution in [-0.2, 0) is 0 Å². The lowest BCUT2D eigenvalue weighted by atomic mass is 10.0. The quantitative estimate of drug-likeness (QED) is 0.0764. The summed E-state index contributed by atoms with van der Waals surface area (Å²) in [6.45, 7) is 7.24. The number of nitrogens with zero attached hydrogens (tertiary/aromatic N) is 2. The van der Waals surface area contributed by atoms with Gasteiger partial charge in [0.25, 0.3) is 0 Å². The van der Waals surface area contributed by atoms with E-state index in [9.17, 15) is 0 Å². The minimum Gasteiger partial charge on any atom is -1.00 e. The van der Waals surface area contributed by atoms with Crippen molar-refractivity contribution in [3.63, 3.8) is 0 Å². The average Bonchev–Trinajstić information content (AvgIpc) is 2.84. The van der Waals surface area contributed by atoms with Crippen molar-refractivity contribution in [2.24, 2.45) is 0 Å². The monoisotopic (exact) mass is 655 g/mol. The smallest absolute Gasteiger partial charge is 0.0780 e. The minimum atomic E-state index is 0. The van der Waals surface area contributed by atoms with Crippen LogP contribution in [0, 0.1) is 0 Å². The van der Waals surface area contributed by atoms with Gasteiger partial charge in [-0.05, 0) is 25.7 Å². The van der Waals surface area contributed by atoms with E-state index in [2.05, 4.69) is 56.1 Å². The van der Waals surface area contributed by atoms with Crippen molar-refractivity contribution in [2.45, 2.75) is 181 Å². The average molecular weight is 656 g/mol. The fraction of sp³-hybridized carbons (Fsp3) is 1.00. The highest BCUT2D eigenvalue weighted by atomic mass is 79.9. The second kappa shape index (κ2) is 35.9. The summed E-state index contributed by atoms with van der Waals surface area (Å²) in [5, 5.41) is 0. The zero-order valence-corrected chi connectivity index (χ0v) is 31.8. The normalized spacial score (nSPS) is 11.4. The summed E-state index contributed by atoms with van der Waals surface area (Å²) < 4.78 is 2.25. The van der Waals surface area contributed by atoms with Crippen molar-refractivity contribution in [2.75, 3.05) is 55.4 Å². The molecule has 0 spiro atoms. The Morgan fingerprint density at radius 1 is 0.275 bits per heavy atom. The first-order valence-corrected chi connectivity index (χ1v) is 17.7. The highest BCUT2D eigenvalue weighted by molar-refractivity contribution is 4.50. The summed E-state index contributed by atoms with van der Waals surface area (Å²) >= 11 is 0. The van der Waals surface area contributed by atoms with Gasteiger partial charge in [0.15, 0.2) is 0 Å². The van der Waals surface area contributed by atoms with E-state index in [1.54, 1.807) is 0 Å². The fourth-order valence-electron chi connectivity index (χ4n) is 5.21. The van der Waals surface area contributed by atoms with Gasteiger partial charge in [0.05, 0.1) is 55.4 Å². The van der Waals surface area contributed by atoms with E-state index < -0.39 is 0 Å². The number of quaternary nitrogens is 2. The van der Waals surface area contributed by atoms with Gasteiger partial charge < -0.3 is 38.4 Å². The van der Waals surface area contributed by atoms with Gasteiger partial charge in [0.1, 0.15) is 0 Å². The van der Waals surface area contributed by atoms with E-state index in [1.807, 2.05) is 0 Å². The van der Waals surface area contributed by atoms with Crippen LogP contribution in [0.15, 0.2) is 0 Å². The topological polar surface area (TPSA) is 0 Å². The Balaban J connectivity index is -0.000000322. The molecule has 0 bridgehead atoms. The zero-order chi connectivity index (χ0) is 28.8. The Hall–Kier alpha value is 0.690. The van der Waals surface area contributed by atoms with Gasteiger partial charge in [-0.1, -0.05) is 155 Å². The van der Waals surface area contributed by atoms with Crippen LogP contribution >= 0.6 is 0 Å². The van der Waals surface area contributed by atoms with E-state index in [-0.39, 0.29) is 29.4 Å². The molecule has 0 fully saturated rings. The van der Waals surface area contributed by atoms with E-state index in [0.717, 1.165) is 8.97 Å². The predicted octanol–water partition coefficient (Wildman–Crippen LogP) is 5.58. The van der Waals surface area contributed by atoms with Crippen molar-refractivity contribution in [1.82, 2.24) is 0 Å². The number of unbranched alkanes of at least 4 members (excludes halogenated alkanes) is 24. The maximum atomic E-state index is 2.30. The predicted molar refractivity (Wildman–Crippen MR) is 177 cm³/mol. The van der Waals surface area contributed by atoms with Crippen LogP contribution in [-0.4, -0.2) is 64.3 Å². The Kier molecular flexibility index (Phi) is 42.7. The van der Waals surface area contributed by atoms with Crippen LogP contribution in [0.5, 0.6) is 0 Å². The second-order valence-electron chi connectivity index (χ2n) is 14.5. The van der Waals surface area contributed by atoms with Crippen LogP contribution in [0.4, 0.5) is 0 Å². The summed E-state index contributed by atoms with van der Waals surface area (Å²) in [5.74, 6) is 0. The molecule has 40 heavy (non-hydrogen) atoms. The molecule has 0 heterocycles. The number of hydrogen-bond donors (Lipinski definition) is 0. The van der Waals surface area contributed by atoms with E-state index in [4.69, 9.17) is 0 Å². The van der Waals surface area contributed by atoms with E-state index in [1.165, 1.54) is 180 Å². The fourth-order valence-corrected chi connectivity index (χ4v) is 5.21. The minimum absolute atomic E-state index is 0. The van der Waals surface area contributed by atoms with Crippen LogP contribution in [0.25, 0.3) is 0 Å². The van der Waals surface area contributed by atoms with Crippen molar-refractivity contribution in [3.8, 4) is 0 Å². The maximum absolute atomic E-state index is 2.30. The molecule has 0 radical (unpaired) electrons. The third-order valence-electron chi connectivity index (χ3n) is 7.86.